The van der Waals surface area contributed by atoms with Crippen LogP contribution in [0.25, 0.3) is 10.6 Å². The summed E-state index contributed by atoms with van der Waals surface area (Å²) in [7, 11) is 0. The Morgan fingerprint density at radius 3 is 2.80 bits per heavy atom. The third kappa shape index (κ3) is 3.65. The first-order valence-corrected chi connectivity index (χ1v) is 8.30. The van der Waals surface area contributed by atoms with Crippen LogP contribution in [0.5, 0.6) is 0 Å². The molecule has 0 bridgehead atoms. The molecule has 0 saturated carbocycles. The van der Waals surface area contributed by atoms with E-state index in [0.29, 0.717) is 6.54 Å². The molecule has 2 heterocycles. The number of nitrogens with zero attached hydrogens (tertiary/aromatic N) is 1. The van der Waals surface area contributed by atoms with Gasteiger partial charge in [-0.1, -0.05) is 6.92 Å². The van der Waals surface area contributed by atoms with E-state index in [2.05, 4.69) is 15.6 Å². The van der Waals surface area contributed by atoms with E-state index in [1.54, 1.807) is 0 Å². The number of alkyl halides is 2. The summed E-state index contributed by atoms with van der Waals surface area (Å²) in [5, 5.41) is 5.52. The van der Waals surface area contributed by atoms with Crippen molar-refractivity contribution in [3.8, 4) is 10.6 Å². The number of rotatable bonds is 4. The van der Waals surface area contributed by atoms with E-state index in [-0.39, 0.29) is 27.3 Å². The molecule has 1 aliphatic rings. The monoisotopic (exact) mass is 369 g/mol. The normalized spacial score (nSPS) is 20.0. The van der Waals surface area contributed by atoms with E-state index in [9.17, 15) is 22.8 Å². The molecule has 1 saturated heterocycles. The molecule has 0 spiro atoms. The number of benzene rings is 1. The Bertz CT molecular complexity index is 825. The summed E-state index contributed by atoms with van der Waals surface area (Å²) in [6, 6.07) is 2.35. The number of carbonyl (C=O) groups is 2. The van der Waals surface area contributed by atoms with Crippen molar-refractivity contribution in [3.63, 3.8) is 0 Å². The minimum atomic E-state index is -2.81. The van der Waals surface area contributed by atoms with Gasteiger partial charge < -0.3 is 10.6 Å². The fourth-order valence-electron chi connectivity index (χ4n) is 2.54. The zero-order valence-electron chi connectivity index (χ0n) is 13.1. The van der Waals surface area contributed by atoms with Gasteiger partial charge in [0.1, 0.15) is 21.7 Å². The molecule has 1 aliphatic heterocycles. The first-order chi connectivity index (χ1) is 11.8. The van der Waals surface area contributed by atoms with Crippen LogP contribution in [0.3, 0.4) is 0 Å². The molecule has 3 rings (SSSR count). The van der Waals surface area contributed by atoms with Crippen LogP contribution >= 0.6 is 11.3 Å². The molecule has 2 atom stereocenters. The molecule has 0 aliphatic carbocycles. The van der Waals surface area contributed by atoms with Gasteiger partial charge in [0, 0.05) is 23.6 Å². The molecule has 132 valence electrons. The number of amides is 2. The lowest BCUT2D eigenvalue weighted by molar-refractivity contribution is -0.121. The highest BCUT2D eigenvalue weighted by Gasteiger charge is 2.33. The summed E-state index contributed by atoms with van der Waals surface area (Å²) >= 11 is 0.943. The van der Waals surface area contributed by atoms with Crippen LogP contribution < -0.4 is 10.6 Å². The molecule has 25 heavy (non-hydrogen) atoms. The molecule has 1 fully saturated rings. The van der Waals surface area contributed by atoms with Gasteiger partial charge in [-0.25, -0.2) is 18.2 Å². The number of hydrogen-bond acceptors (Lipinski definition) is 4. The second-order valence-corrected chi connectivity index (χ2v) is 6.81. The Kier molecular flexibility index (Phi) is 4.76. The third-order valence-electron chi connectivity index (χ3n) is 3.88. The Morgan fingerprint density at radius 2 is 2.16 bits per heavy atom. The van der Waals surface area contributed by atoms with E-state index in [0.717, 1.165) is 29.5 Å². The molecule has 5 nitrogen and oxygen atoms in total. The van der Waals surface area contributed by atoms with Crippen LogP contribution in [-0.4, -0.2) is 29.4 Å². The lowest BCUT2D eigenvalue weighted by Crippen LogP contribution is -2.42. The summed E-state index contributed by atoms with van der Waals surface area (Å²) in [5.74, 6) is -1.58. The van der Waals surface area contributed by atoms with Crippen LogP contribution in [-0.2, 0) is 4.79 Å². The SMILES string of the molecule is C[C@@H]1CNC(=O)[C@H]1NC(=O)c1cnc(-c2cc(F)cc(C(F)F)c2)s1. The van der Waals surface area contributed by atoms with E-state index < -0.39 is 29.8 Å². The Hall–Kier alpha value is -2.42. The number of nitrogens with one attached hydrogen (secondary N) is 2. The topological polar surface area (TPSA) is 71.1 Å². The number of aromatic nitrogens is 1. The molecule has 1 aromatic heterocycles. The van der Waals surface area contributed by atoms with Gasteiger partial charge in [0.15, 0.2) is 0 Å². The fourth-order valence-corrected chi connectivity index (χ4v) is 3.35. The first kappa shape index (κ1) is 17.4. The minimum Gasteiger partial charge on any atom is -0.354 e. The maximum absolute atomic E-state index is 13.5. The molecular weight excluding hydrogens is 355 g/mol. The maximum Gasteiger partial charge on any atom is 0.263 e. The van der Waals surface area contributed by atoms with Crippen molar-refractivity contribution in [2.24, 2.45) is 5.92 Å². The minimum absolute atomic E-state index is 0.0411. The van der Waals surface area contributed by atoms with Crippen molar-refractivity contribution >= 4 is 23.2 Å². The number of halogens is 3. The highest BCUT2D eigenvalue weighted by Crippen LogP contribution is 2.30. The summed E-state index contributed by atoms with van der Waals surface area (Å²) in [4.78, 5) is 28.1. The van der Waals surface area contributed by atoms with Crippen molar-refractivity contribution in [3.05, 3.63) is 40.7 Å². The molecule has 2 aromatic rings. The average molecular weight is 369 g/mol. The first-order valence-electron chi connectivity index (χ1n) is 7.48. The van der Waals surface area contributed by atoms with Gasteiger partial charge in [-0.05, 0) is 18.2 Å². The van der Waals surface area contributed by atoms with Gasteiger partial charge in [0.25, 0.3) is 12.3 Å². The molecular formula is C16H14F3N3O2S. The average Bonchev–Trinajstić information content (AvgIpc) is 3.17. The van der Waals surface area contributed by atoms with Gasteiger partial charge in [-0.2, -0.15) is 0 Å². The molecule has 2 N–H and O–H groups in total. The maximum atomic E-state index is 13.5. The van der Waals surface area contributed by atoms with E-state index in [1.807, 2.05) is 6.92 Å². The van der Waals surface area contributed by atoms with Crippen molar-refractivity contribution in [2.75, 3.05) is 6.54 Å². The van der Waals surface area contributed by atoms with Gasteiger partial charge in [-0.3, -0.25) is 9.59 Å². The second-order valence-electron chi connectivity index (χ2n) is 5.78. The van der Waals surface area contributed by atoms with Gasteiger partial charge in [0.2, 0.25) is 5.91 Å². The predicted molar refractivity (Wildman–Crippen MR) is 85.9 cm³/mol. The van der Waals surface area contributed by atoms with Crippen LogP contribution in [0.2, 0.25) is 0 Å². The lowest BCUT2D eigenvalue weighted by atomic mass is 10.1. The third-order valence-corrected chi connectivity index (χ3v) is 4.93. The number of hydrogen-bond donors (Lipinski definition) is 2. The molecule has 1 aromatic carbocycles. The smallest absolute Gasteiger partial charge is 0.263 e. The summed E-state index contributed by atoms with van der Waals surface area (Å²) in [6.45, 7) is 2.32. The van der Waals surface area contributed by atoms with E-state index >= 15 is 0 Å². The Balaban J connectivity index is 1.80. The van der Waals surface area contributed by atoms with Crippen molar-refractivity contribution < 1.29 is 22.8 Å². The van der Waals surface area contributed by atoms with Crippen LogP contribution in [0.1, 0.15) is 28.6 Å². The van der Waals surface area contributed by atoms with Crippen LogP contribution in [0, 0.1) is 11.7 Å². The highest BCUT2D eigenvalue weighted by atomic mass is 32.1. The number of thiazole rings is 1. The van der Waals surface area contributed by atoms with Crippen LogP contribution in [0.15, 0.2) is 24.4 Å². The van der Waals surface area contributed by atoms with Gasteiger partial charge >= 0.3 is 0 Å². The zero-order valence-corrected chi connectivity index (χ0v) is 13.9. The summed E-state index contributed by atoms with van der Waals surface area (Å²) < 4.78 is 39.1. The van der Waals surface area contributed by atoms with Crippen molar-refractivity contribution in [2.45, 2.75) is 19.4 Å². The zero-order chi connectivity index (χ0) is 18.1. The quantitative estimate of drug-likeness (QED) is 0.871. The highest BCUT2D eigenvalue weighted by molar-refractivity contribution is 7.16. The lowest BCUT2D eigenvalue weighted by Gasteiger charge is -2.13. The Morgan fingerprint density at radius 1 is 1.40 bits per heavy atom. The van der Waals surface area contributed by atoms with E-state index in [1.165, 1.54) is 6.20 Å². The van der Waals surface area contributed by atoms with Gasteiger partial charge in [-0.15, -0.1) is 11.3 Å². The number of carbonyl (C=O) groups excluding carboxylic acids is 2. The Labute approximate surface area is 145 Å². The standard InChI is InChI=1S/C16H14F3N3O2S/c1-7-5-20-15(24)12(7)22-14(23)11-6-21-16(25-11)9-2-8(13(18)19)3-10(17)4-9/h2-4,6-7,12-13H,5H2,1H3,(H,20,24)(H,22,23)/t7-,12+/m1/s1. The van der Waals surface area contributed by atoms with E-state index in [4.69, 9.17) is 0 Å². The fraction of sp³-hybridized carbons (Fsp3) is 0.312. The van der Waals surface area contributed by atoms with Crippen molar-refractivity contribution in [1.29, 1.82) is 0 Å². The molecule has 0 radical (unpaired) electrons. The van der Waals surface area contributed by atoms with Gasteiger partial charge in [0.05, 0.1) is 6.20 Å². The molecule has 2 amide bonds. The molecule has 0 unspecified atom stereocenters. The van der Waals surface area contributed by atoms with Crippen molar-refractivity contribution in [1.82, 2.24) is 15.6 Å². The predicted octanol–water partition coefficient (Wildman–Crippen LogP) is 2.75. The largest absolute Gasteiger partial charge is 0.354 e. The second kappa shape index (κ2) is 6.83. The molecule has 9 heteroatoms. The van der Waals surface area contributed by atoms with Crippen LogP contribution in [0.4, 0.5) is 13.2 Å². The summed E-state index contributed by atoms with van der Waals surface area (Å²) in [5.41, 5.74) is -0.279. The summed E-state index contributed by atoms with van der Waals surface area (Å²) in [6.07, 6.45) is -1.53.